The van der Waals surface area contributed by atoms with Crippen LogP contribution in [0.5, 0.6) is 5.75 Å². The summed E-state index contributed by atoms with van der Waals surface area (Å²) in [5.41, 5.74) is 3.77. The fourth-order valence-electron chi connectivity index (χ4n) is 5.70. The van der Waals surface area contributed by atoms with Gasteiger partial charge in [0.25, 0.3) is 5.91 Å². The minimum absolute atomic E-state index is 0.0328. The molecule has 3 aromatic rings. The van der Waals surface area contributed by atoms with Crippen molar-refractivity contribution in [2.24, 2.45) is 0 Å². The predicted octanol–water partition coefficient (Wildman–Crippen LogP) is 4.85. The number of benzene rings is 2. The van der Waals surface area contributed by atoms with Crippen LogP contribution >= 0.6 is 11.8 Å². The highest BCUT2D eigenvalue weighted by Crippen LogP contribution is 2.31. The number of likely N-dealkylation sites (tertiary alicyclic amines) is 1. The topological polar surface area (TPSA) is 104 Å². The molecule has 2 heterocycles. The second-order valence-electron chi connectivity index (χ2n) is 13.0. The highest BCUT2D eigenvalue weighted by Gasteiger charge is 2.37. The van der Waals surface area contributed by atoms with E-state index in [1.807, 2.05) is 107 Å². The molecule has 2 amide bonds. The van der Waals surface area contributed by atoms with Gasteiger partial charge in [-0.05, 0) is 88.3 Å². The van der Waals surface area contributed by atoms with Gasteiger partial charge in [-0.2, -0.15) is 11.8 Å². The number of para-hydroxylation sites is 1. The standard InChI is InChI=1S/C36H48N4O4S/c1-25-10-9-11-26(2)34(25)44-23-33(42)38-30(20-27-12-7-6-8-13-27)32(41)22-40-19-16-29(45-24-28-14-17-37-18-15-28)21-31(40)35(43)39-36(3,4)5/h6-15,17-18,29-32,41H,16,19-24H2,1-5H3,(H,38,42)(H,39,43). The average Bonchev–Trinajstić information content (AvgIpc) is 3.00. The summed E-state index contributed by atoms with van der Waals surface area (Å²) in [5.74, 6) is 1.23. The van der Waals surface area contributed by atoms with E-state index in [1.54, 1.807) is 12.4 Å². The van der Waals surface area contributed by atoms with E-state index >= 15 is 0 Å². The molecular weight excluding hydrogens is 584 g/mol. The molecule has 2 aromatic carbocycles. The molecule has 1 aromatic heterocycles. The highest BCUT2D eigenvalue weighted by atomic mass is 32.2. The van der Waals surface area contributed by atoms with E-state index < -0.39 is 12.1 Å². The molecule has 9 heteroatoms. The molecule has 242 valence electrons. The second-order valence-corrected chi connectivity index (χ2v) is 14.3. The molecule has 0 bridgehead atoms. The van der Waals surface area contributed by atoms with E-state index in [9.17, 15) is 14.7 Å². The van der Waals surface area contributed by atoms with Gasteiger partial charge in [-0.3, -0.25) is 19.5 Å². The summed E-state index contributed by atoms with van der Waals surface area (Å²) in [7, 11) is 0. The van der Waals surface area contributed by atoms with Crippen molar-refractivity contribution in [1.29, 1.82) is 0 Å². The fourth-order valence-corrected chi connectivity index (χ4v) is 6.91. The van der Waals surface area contributed by atoms with Crippen LogP contribution in [0.3, 0.4) is 0 Å². The van der Waals surface area contributed by atoms with Crippen LogP contribution in [0.15, 0.2) is 73.1 Å². The Morgan fingerprint density at radius 3 is 2.38 bits per heavy atom. The van der Waals surface area contributed by atoms with Crippen LogP contribution in [0.4, 0.5) is 0 Å². The Morgan fingerprint density at radius 2 is 1.71 bits per heavy atom. The number of ether oxygens (including phenoxy) is 1. The SMILES string of the molecule is Cc1cccc(C)c1OCC(=O)NC(Cc1ccccc1)C(O)CN1CCC(SCc2ccncc2)CC1C(=O)NC(C)(C)C. The van der Waals surface area contributed by atoms with E-state index in [4.69, 9.17) is 4.74 Å². The van der Waals surface area contributed by atoms with Gasteiger partial charge >= 0.3 is 0 Å². The fraction of sp³-hybridized carbons (Fsp3) is 0.472. The first kappa shape index (κ1) is 34.5. The van der Waals surface area contributed by atoms with E-state index in [2.05, 4.69) is 20.5 Å². The second kappa shape index (κ2) is 16.2. The zero-order valence-electron chi connectivity index (χ0n) is 27.2. The molecule has 45 heavy (non-hydrogen) atoms. The van der Waals surface area contributed by atoms with Crippen LogP contribution in [-0.2, 0) is 21.8 Å². The molecular formula is C36H48N4O4S. The van der Waals surface area contributed by atoms with Crippen LogP contribution < -0.4 is 15.4 Å². The van der Waals surface area contributed by atoms with Gasteiger partial charge in [-0.15, -0.1) is 0 Å². The number of aryl methyl sites for hydroxylation is 2. The van der Waals surface area contributed by atoms with Gasteiger partial charge in [-0.25, -0.2) is 0 Å². The lowest BCUT2D eigenvalue weighted by atomic mass is 9.96. The predicted molar refractivity (Wildman–Crippen MR) is 181 cm³/mol. The Kier molecular flexibility index (Phi) is 12.4. The van der Waals surface area contributed by atoms with E-state index in [-0.39, 0.29) is 36.5 Å². The summed E-state index contributed by atoms with van der Waals surface area (Å²) < 4.78 is 5.91. The number of carbonyl (C=O) groups excluding carboxylic acids is 2. The molecule has 8 nitrogen and oxygen atoms in total. The molecule has 1 saturated heterocycles. The van der Waals surface area contributed by atoms with Crippen molar-refractivity contribution in [2.45, 2.75) is 88.6 Å². The third-order valence-electron chi connectivity index (χ3n) is 7.99. The monoisotopic (exact) mass is 632 g/mol. The van der Waals surface area contributed by atoms with Crippen LogP contribution in [-0.4, -0.2) is 75.5 Å². The number of carbonyl (C=O) groups is 2. The number of amides is 2. The van der Waals surface area contributed by atoms with Crippen molar-refractivity contribution in [1.82, 2.24) is 20.5 Å². The number of nitrogens with zero attached hydrogens (tertiary/aromatic N) is 2. The summed E-state index contributed by atoms with van der Waals surface area (Å²) in [6.07, 6.45) is 4.75. The molecule has 3 N–H and O–H groups in total. The average molecular weight is 633 g/mol. The molecule has 0 saturated carbocycles. The van der Waals surface area contributed by atoms with Crippen molar-refractivity contribution in [3.63, 3.8) is 0 Å². The lowest BCUT2D eigenvalue weighted by molar-refractivity contribution is -0.130. The molecule has 4 atom stereocenters. The summed E-state index contributed by atoms with van der Waals surface area (Å²) in [4.78, 5) is 33.0. The number of aromatic nitrogens is 1. The molecule has 0 aliphatic carbocycles. The number of hydrogen-bond acceptors (Lipinski definition) is 7. The van der Waals surface area contributed by atoms with Gasteiger partial charge < -0.3 is 20.5 Å². The highest BCUT2D eigenvalue weighted by molar-refractivity contribution is 7.99. The third-order valence-corrected chi connectivity index (χ3v) is 9.39. The summed E-state index contributed by atoms with van der Waals surface area (Å²) in [6.45, 7) is 10.6. The summed E-state index contributed by atoms with van der Waals surface area (Å²) >= 11 is 1.86. The molecule has 0 radical (unpaired) electrons. The Labute approximate surface area is 272 Å². The minimum atomic E-state index is -0.902. The summed E-state index contributed by atoms with van der Waals surface area (Å²) in [5, 5.41) is 18.2. The smallest absolute Gasteiger partial charge is 0.258 e. The number of hydrogen-bond donors (Lipinski definition) is 3. The quantitative estimate of drug-likeness (QED) is 0.248. The molecule has 1 aliphatic heterocycles. The Morgan fingerprint density at radius 1 is 1.02 bits per heavy atom. The van der Waals surface area contributed by atoms with E-state index in [1.165, 1.54) is 5.56 Å². The van der Waals surface area contributed by atoms with Crippen molar-refractivity contribution in [3.8, 4) is 5.75 Å². The van der Waals surface area contributed by atoms with Gasteiger partial charge in [-0.1, -0.05) is 48.5 Å². The molecule has 4 rings (SSSR count). The van der Waals surface area contributed by atoms with Gasteiger partial charge in [0.05, 0.1) is 18.2 Å². The van der Waals surface area contributed by atoms with E-state index in [0.717, 1.165) is 28.9 Å². The number of pyridine rings is 1. The first-order valence-corrected chi connectivity index (χ1v) is 16.8. The van der Waals surface area contributed by atoms with Gasteiger partial charge in [0.2, 0.25) is 5.91 Å². The summed E-state index contributed by atoms with van der Waals surface area (Å²) in [6, 6.07) is 18.8. The lowest BCUT2D eigenvalue weighted by Crippen LogP contribution is -2.59. The van der Waals surface area contributed by atoms with Crippen LogP contribution in [0.25, 0.3) is 0 Å². The molecule has 4 unspecified atom stereocenters. The lowest BCUT2D eigenvalue weighted by Gasteiger charge is -2.41. The number of aliphatic hydroxyl groups excluding tert-OH is 1. The zero-order chi connectivity index (χ0) is 32.4. The number of aliphatic hydroxyl groups is 1. The maximum Gasteiger partial charge on any atom is 0.258 e. The van der Waals surface area contributed by atoms with Crippen LogP contribution in [0.2, 0.25) is 0 Å². The van der Waals surface area contributed by atoms with Crippen molar-refractivity contribution >= 4 is 23.6 Å². The third kappa shape index (κ3) is 10.9. The molecule has 1 fully saturated rings. The van der Waals surface area contributed by atoms with Crippen molar-refractivity contribution < 1.29 is 19.4 Å². The van der Waals surface area contributed by atoms with Gasteiger partial charge in [0.1, 0.15) is 5.75 Å². The Bertz CT molecular complexity index is 1360. The largest absolute Gasteiger partial charge is 0.483 e. The number of piperidine rings is 1. The van der Waals surface area contributed by atoms with E-state index in [0.29, 0.717) is 30.4 Å². The number of rotatable bonds is 13. The van der Waals surface area contributed by atoms with Gasteiger partial charge in [0.15, 0.2) is 6.61 Å². The van der Waals surface area contributed by atoms with Crippen molar-refractivity contribution in [3.05, 3.63) is 95.3 Å². The maximum absolute atomic E-state index is 13.6. The Balaban J connectivity index is 1.45. The zero-order valence-corrected chi connectivity index (χ0v) is 28.0. The normalized spacial score (nSPS) is 18.5. The number of β-amino-alcohol motifs (C(OH)–C–C–N with tert-alkyl or cyclic N) is 1. The molecule has 1 aliphatic rings. The number of thioether (sulfide) groups is 1. The van der Waals surface area contributed by atoms with Gasteiger partial charge in [0, 0.05) is 42.0 Å². The maximum atomic E-state index is 13.6. The molecule has 0 spiro atoms. The van der Waals surface area contributed by atoms with Crippen molar-refractivity contribution in [2.75, 3.05) is 19.7 Å². The first-order chi connectivity index (χ1) is 21.5. The first-order valence-electron chi connectivity index (χ1n) is 15.8. The number of nitrogens with one attached hydrogen (secondary N) is 2. The Hall–Kier alpha value is -3.40. The minimum Gasteiger partial charge on any atom is -0.483 e. The van der Waals surface area contributed by atoms with Crippen LogP contribution in [0, 0.1) is 13.8 Å². The van der Waals surface area contributed by atoms with Crippen LogP contribution in [0.1, 0.15) is 55.9 Å².